The highest BCUT2D eigenvalue weighted by Gasteiger charge is 2.25. The minimum atomic E-state index is 0.586. The molecule has 0 spiro atoms. The Kier molecular flexibility index (Phi) is 2.23. The number of carbonyl (C=O) groups excluding carboxylic acids is 1. The van der Waals surface area contributed by atoms with Gasteiger partial charge in [-0.15, -0.1) is 0 Å². The van der Waals surface area contributed by atoms with Gasteiger partial charge < -0.3 is 4.90 Å². The second kappa shape index (κ2) is 3.40. The number of pyridine rings is 1. The summed E-state index contributed by atoms with van der Waals surface area (Å²) in [6, 6.07) is 2.48. The van der Waals surface area contributed by atoms with Gasteiger partial charge in [-0.3, -0.25) is 4.79 Å². The number of nitrogens with zero attached hydrogens (tertiary/aromatic N) is 2. The maximum Gasteiger partial charge on any atom is 0.151 e. The van der Waals surface area contributed by atoms with Crippen LogP contribution in [-0.4, -0.2) is 23.9 Å². The van der Waals surface area contributed by atoms with Crippen LogP contribution in [0.3, 0.4) is 0 Å². The maximum atomic E-state index is 10.5. The van der Waals surface area contributed by atoms with Crippen molar-refractivity contribution in [3.05, 3.63) is 23.4 Å². The summed E-state index contributed by atoms with van der Waals surface area (Å²) >= 11 is 0. The van der Waals surface area contributed by atoms with Crippen LogP contribution in [0.25, 0.3) is 0 Å². The summed E-state index contributed by atoms with van der Waals surface area (Å²) in [4.78, 5) is 17.1. The molecule has 0 saturated carbocycles. The Morgan fingerprint density at radius 1 is 1.64 bits per heavy atom. The van der Waals surface area contributed by atoms with E-state index in [-0.39, 0.29) is 0 Å². The van der Waals surface area contributed by atoms with E-state index in [9.17, 15) is 4.79 Å². The molecule has 1 aromatic heterocycles. The van der Waals surface area contributed by atoms with Crippen molar-refractivity contribution in [2.75, 3.05) is 11.4 Å². The monoisotopic (exact) mass is 190 g/mol. The van der Waals surface area contributed by atoms with Gasteiger partial charge in [-0.1, -0.05) is 0 Å². The van der Waals surface area contributed by atoms with Crippen LogP contribution >= 0.6 is 0 Å². The molecule has 1 aliphatic rings. The first-order chi connectivity index (χ1) is 6.72. The second-order valence-electron chi connectivity index (χ2n) is 3.86. The third kappa shape index (κ3) is 1.39. The normalized spacial score (nSPS) is 20.4. The first-order valence-electron chi connectivity index (χ1n) is 4.91. The zero-order chi connectivity index (χ0) is 10.1. The molecule has 1 aliphatic heterocycles. The molecule has 1 aromatic rings. The third-order valence-corrected chi connectivity index (χ3v) is 2.80. The van der Waals surface area contributed by atoms with Crippen LogP contribution in [0.5, 0.6) is 0 Å². The second-order valence-corrected chi connectivity index (χ2v) is 3.86. The number of hydrogen-bond acceptors (Lipinski definition) is 3. The first-order valence-corrected chi connectivity index (χ1v) is 4.91. The molecule has 0 aliphatic carbocycles. The fourth-order valence-electron chi connectivity index (χ4n) is 1.79. The van der Waals surface area contributed by atoms with Crippen molar-refractivity contribution in [1.29, 1.82) is 0 Å². The highest BCUT2D eigenvalue weighted by Crippen LogP contribution is 2.26. The van der Waals surface area contributed by atoms with Crippen LogP contribution in [0.1, 0.15) is 29.3 Å². The van der Waals surface area contributed by atoms with E-state index in [4.69, 9.17) is 0 Å². The zero-order valence-corrected chi connectivity index (χ0v) is 8.53. The molecule has 2 rings (SSSR count). The minimum absolute atomic E-state index is 0.586. The van der Waals surface area contributed by atoms with Crippen molar-refractivity contribution < 1.29 is 4.79 Å². The van der Waals surface area contributed by atoms with Gasteiger partial charge in [0, 0.05) is 24.3 Å². The van der Waals surface area contributed by atoms with E-state index in [2.05, 4.69) is 16.8 Å². The summed E-state index contributed by atoms with van der Waals surface area (Å²) in [6.45, 7) is 5.27. The summed E-state index contributed by atoms with van der Waals surface area (Å²) in [5, 5.41) is 0. The summed E-state index contributed by atoms with van der Waals surface area (Å²) in [5.41, 5.74) is 1.74. The van der Waals surface area contributed by atoms with Crippen LogP contribution in [0.2, 0.25) is 0 Å². The molecular formula is C11H14N2O. The smallest absolute Gasteiger partial charge is 0.151 e. The Balaban J connectivity index is 2.30. The molecule has 1 saturated heterocycles. The summed E-state index contributed by atoms with van der Waals surface area (Å²) < 4.78 is 0. The number of aldehydes is 1. The van der Waals surface area contributed by atoms with Gasteiger partial charge in [-0.25, -0.2) is 4.98 Å². The van der Waals surface area contributed by atoms with Gasteiger partial charge in [0.1, 0.15) is 5.82 Å². The van der Waals surface area contributed by atoms with Crippen molar-refractivity contribution >= 4 is 12.1 Å². The largest absolute Gasteiger partial charge is 0.354 e. The molecule has 1 atom stereocenters. The van der Waals surface area contributed by atoms with E-state index in [1.165, 1.54) is 6.42 Å². The Labute approximate surface area is 83.8 Å². The fourth-order valence-corrected chi connectivity index (χ4v) is 1.79. The lowest BCUT2D eigenvalue weighted by Gasteiger charge is -2.40. The van der Waals surface area contributed by atoms with E-state index in [0.717, 1.165) is 24.2 Å². The van der Waals surface area contributed by atoms with Gasteiger partial charge in [-0.05, 0) is 31.9 Å². The standard InChI is InChI=1S/C11H14N2O/c1-8-5-10(7-14)6-12-11(8)13-4-3-9(13)2/h5-7,9H,3-4H2,1-2H3. The van der Waals surface area contributed by atoms with Crippen molar-refractivity contribution in [1.82, 2.24) is 4.98 Å². The van der Waals surface area contributed by atoms with Crippen molar-refractivity contribution in [3.8, 4) is 0 Å². The van der Waals surface area contributed by atoms with Gasteiger partial charge >= 0.3 is 0 Å². The number of hydrogen-bond donors (Lipinski definition) is 0. The molecule has 3 nitrogen and oxygen atoms in total. The highest BCUT2D eigenvalue weighted by atomic mass is 16.1. The van der Waals surface area contributed by atoms with E-state index < -0.39 is 0 Å². The van der Waals surface area contributed by atoms with Crippen molar-refractivity contribution in [2.45, 2.75) is 26.3 Å². The molecular weight excluding hydrogens is 176 g/mol. The van der Waals surface area contributed by atoms with Gasteiger partial charge in [-0.2, -0.15) is 0 Å². The quantitative estimate of drug-likeness (QED) is 0.667. The first kappa shape index (κ1) is 9.19. The lowest BCUT2D eigenvalue weighted by atomic mass is 10.0. The Morgan fingerprint density at radius 3 is 2.86 bits per heavy atom. The van der Waals surface area contributed by atoms with E-state index in [1.54, 1.807) is 6.20 Å². The summed E-state index contributed by atoms with van der Waals surface area (Å²) in [6.07, 6.45) is 3.71. The molecule has 74 valence electrons. The molecule has 0 bridgehead atoms. The van der Waals surface area contributed by atoms with Gasteiger partial charge in [0.2, 0.25) is 0 Å². The van der Waals surface area contributed by atoms with Gasteiger partial charge in [0.05, 0.1) is 0 Å². The highest BCUT2D eigenvalue weighted by molar-refractivity contribution is 5.75. The van der Waals surface area contributed by atoms with E-state index >= 15 is 0 Å². The molecule has 14 heavy (non-hydrogen) atoms. The van der Waals surface area contributed by atoms with Crippen molar-refractivity contribution in [2.24, 2.45) is 0 Å². The van der Waals surface area contributed by atoms with Gasteiger partial charge in [0.15, 0.2) is 6.29 Å². The average Bonchev–Trinajstić information content (AvgIpc) is 2.18. The van der Waals surface area contributed by atoms with Crippen LogP contribution in [-0.2, 0) is 0 Å². The Hall–Kier alpha value is -1.38. The molecule has 0 radical (unpaired) electrons. The topological polar surface area (TPSA) is 33.2 Å². The average molecular weight is 190 g/mol. The predicted octanol–water partition coefficient (Wildman–Crippen LogP) is 1.80. The van der Waals surface area contributed by atoms with Crippen LogP contribution in [0.15, 0.2) is 12.3 Å². The van der Waals surface area contributed by atoms with Crippen LogP contribution < -0.4 is 4.90 Å². The van der Waals surface area contributed by atoms with E-state index in [1.807, 2.05) is 13.0 Å². The summed E-state index contributed by atoms with van der Waals surface area (Å²) in [5.74, 6) is 1.02. The summed E-state index contributed by atoms with van der Waals surface area (Å²) in [7, 11) is 0. The number of rotatable bonds is 2. The third-order valence-electron chi connectivity index (χ3n) is 2.80. The maximum absolute atomic E-state index is 10.5. The predicted molar refractivity (Wildman–Crippen MR) is 55.8 cm³/mol. The lowest BCUT2D eigenvalue weighted by Crippen LogP contribution is -2.46. The molecule has 0 aromatic carbocycles. The van der Waals surface area contributed by atoms with Crippen LogP contribution in [0.4, 0.5) is 5.82 Å². The Morgan fingerprint density at radius 2 is 2.43 bits per heavy atom. The number of carbonyl (C=O) groups is 1. The molecule has 3 heteroatoms. The molecule has 1 unspecified atom stereocenters. The molecule has 0 amide bonds. The SMILES string of the molecule is Cc1cc(C=O)cnc1N1CCC1C. The van der Waals surface area contributed by atoms with Gasteiger partial charge in [0.25, 0.3) is 0 Å². The lowest BCUT2D eigenvalue weighted by molar-refractivity contribution is 0.112. The Bertz CT molecular complexity index is 362. The molecule has 0 N–H and O–H groups in total. The van der Waals surface area contributed by atoms with Crippen molar-refractivity contribution in [3.63, 3.8) is 0 Å². The molecule has 2 heterocycles. The number of anilines is 1. The van der Waals surface area contributed by atoms with E-state index in [0.29, 0.717) is 11.6 Å². The zero-order valence-electron chi connectivity index (χ0n) is 8.53. The molecule has 1 fully saturated rings. The van der Waals surface area contributed by atoms with Crippen LogP contribution in [0, 0.1) is 6.92 Å². The minimum Gasteiger partial charge on any atom is -0.354 e. The fraction of sp³-hybridized carbons (Fsp3) is 0.455. The number of aryl methyl sites for hydroxylation is 1. The number of aromatic nitrogens is 1.